The average Bonchev–Trinajstić information content (AvgIpc) is 3.21. The molecule has 8 aromatic carbocycles. The van der Waals surface area contributed by atoms with Crippen molar-refractivity contribution in [3.63, 3.8) is 0 Å². The third kappa shape index (κ3) is 5.83. The van der Waals surface area contributed by atoms with Crippen LogP contribution in [0.2, 0.25) is 0 Å². The van der Waals surface area contributed by atoms with E-state index in [1.54, 1.807) is 0 Å². The number of benzene rings is 8. The fourth-order valence-electron chi connectivity index (χ4n) is 7.58. The molecular formula is C51H37N. The molecular weight excluding hydrogens is 627 g/mol. The summed E-state index contributed by atoms with van der Waals surface area (Å²) in [5.74, 6) is 0. The first-order chi connectivity index (χ1) is 25.7. The van der Waals surface area contributed by atoms with E-state index in [0.717, 1.165) is 22.6 Å². The minimum atomic E-state index is 1.10. The van der Waals surface area contributed by atoms with Crippen LogP contribution in [0.1, 0.15) is 22.3 Å². The lowest BCUT2D eigenvalue weighted by Gasteiger charge is -2.26. The van der Waals surface area contributed by atoms with E-state index in [-0.39, 0.29) is 0 Å². The third-order valence-corrected chi connectivity index (χ3v) is 10.1. The summed E-state index contributed by atoms with van der Waals surface area (Å²) in [6.45, 7) is 2.13. The van der Waals surface area contributed by atoms with Gasteiger partial charge in [0.1, 0.15) is 0 Å². The van der Waals surface area contributed by atoms with Crippen molar-refractivity contribution in [1.82, 2.24) is 0 Å². The molecule has 0 fully saturated rings. The Bertz CT molecular complexity index is 2980. The number of nitrogens with zero attached hydrogens (tertiary/aromatic N) is 1. The molecule has 0 aliphatic heterocycles. The maximum absolute atomic E-state index is 2.38. The molecule has 9 rings (SSSR count). The second-order valence-corrected chi connectivity index (χ2v) is 13.4. The van der Waals surface area contributed by atoms with Gasteiger partial charge in [0.25, 0.3) is 0 Å². The normalized spacial score (nSPS) is 11.7. The van der Waals surface area contributed by atoms with Crippen molar-refractivity contribution in [3.8, 4) is 0 Å². The molecule has 0 atom stereocenters. The van der Waals surface area contributed by atoms with E-state index in [2.05, 4.69) is 218 Å². The highest BCUT2D eigenvalue weighted by molar-refractivity contribution is 5.91. The zero-order chi connectivity index (χ0) is 34.9. The van der Waals surface area contributed by atoms with Gasteiger partial charge in [-0.25, -0.2) is 0 Å². The van der Waals surface area contributed by atoms with Crippen LogP contribution in [0.4, 0.5) is 17.1 Å². The molecule has 0 saturated heterocycles. The van der Waals surface area contributed by atoms with Crippen LogP contribution >= 0.6 is 0 Å². The fourth-order valence-corrected chi connectivity index (χ4v) is 7.58. The predicted molar refractivity (Wildman–Crippen MR) is 216 cm³/mol. The molecule has 8 aromatic rings. The van der Waals surface area contributed by atoms with E-state index in [0.29, 0.717) is 0 Å². The third-order valence-electron chi connectivity index (χ3n) is 10.1. The number of aryl methyl sites for hydroxylation is 1. The van der Waals surface area contributed by atoms with Gasteiger partial charge in [0.05, 0.1) is 0 Å². The standard InChI is InChI=1S/C51H37N/c1-36-24-28-39(29-25-36)50(38-14-4-2-5-15-38)34-37-26-30-41(31-27-37)52(40-16-6-3-7-17-40)42-32-33-49-47-22-11-10-20-45(47)43-18-8-9-19-44(43)46-21-12-13-23-48(46)51(49)35-42/h2-35H,1H3. The molecule has 1 aliphatic carbocycles. The summed E-state index contributed by atoms with van der Waals surface area (Å²) in [7, 11) is 0. The molecule has 0 N–H and O–H groups in total. The largest absolute Gasteiger partial charge is 0.310 e. The molecule has 0 unspecified atom stereocenters. The van der Waals surface area contributed by atoms with Crippen molar-refractivity contribution in [2.75, 3.05) is 4.90 Å². The number of hydrogen-bond acceptors (Lipinski definition) is 1. The van der Waals surface area contributed by atoms with Crippen LogP contribution in [0.3, 0.4) is 0 Å². The molecule has 1 heteroatoms. The van der Waals surface area contributed by atoms with E-state index in [1.807, 2.05) is 0 Å². The average molecular weight is 664 g/mol. The lowest BCUT2D eigenvalue weighted by atomic mass is 9.95. The number of fused-ring (bicyclic) bond motifs is 4. The Balaban J connectivity index is 1.26. The van der Waals surface area contributed by atoms with Gasteiger partial charge >= 0.3 is 0 Å². The summed E-state index contributed by atoms with van der Waals surface area (Å²) < 4.78 is 0. The van der Waals surface area contributed by atoms with Crippen LogP contribution in [0.5, 0.6) is 0 Å². The van der Waals surface area contributed by atoms with Gasteiger partial charge in [-0.2, -0.15) is 0 Å². The maximum atomic E-state index is 2.38. The quantitative estimate of drug-likeness (QED) is 0.160. The number of para-hydroxylation sites is 1. The summed E-state index contributed by atoms with van der Waals surface area (Å²) >= 11 is 0. The Hall–Kier alpha value is -6.70. The van der Waals surface area contributed by atoms with E-state index in [4.69, 9.17) is 0 Å². The van der Waals surface area contributed by atoms with Crippen LogP contribution in [0, 0.1) is 48.7 Å². The minimum absolute atomic E-state index is 1.10. The van der Waals surface area contributed by atoms with Crippen molar-refractivity contribution in [2.24, 2.45) is 0 Å². The molecule has 0 saturated carbocycles. The first kappa shape index (κ1) is 31.3. The smallest absolute Gasteiger partial charge is 0.0468 e. The monoisotopic (exact) mass is 663 g/mol. The van der Waals surface area contributed by atoms with Crippen molar-refractivity contribution in [3.05, 3.63) is 264 Å². The van der Waals surface area contributed by atoms with Gasteiger partial charge in [0.2, 0.25) is 0 Å². The van der Waals surface area contributed by atoms with Gasteiger partial charge in [0, 0.05) is 17.1 Å². The van der Waals surface area contributed by atoms with Crippen molar-refractivity contribution in [1.29, 1.82) is 0 Å². The van der Waals surface area contributed by atoms with E-state index in [1.165, 1.54) is 64.0 Å². The van der Waals surface area contributed by atoms with E-state index < -0.39 is 0 Å². The highest BCUT2D eigenvalue weighted by atomic mass is 15.1. The van der Waals surface area contributed by atoms with Crippen LogP contribution in [0.25, 0.3) is 11.6 Å². The number of anilines is 3. The zero-order valence-electron chi connectivity index (χ0n) is 29.1. The lowest BCUT2D eigenvalue weighted by molar-refractivity contribution is 1.24. The molecule has 0 aromatic heterocycles. The lowest BCUT2D eigenvalue weighted by Crippen LogP contribution is -2.10. The fraction of sp³-hybridized carbons (Fsp3) is 0.0196. The number of rotatable bonds is 6. The van der Waals surface area contributed by atoms with E-state index in [9.17, 15) is 0 Å². The first-order valence-electron chi connectivity index (χ1n) is 17.9. The van der Waals surface area contributed by atoms with Crippen LogP contribution in [-0.2, 0) is 0 Å². The van der Waals surface area contributed by atoms with Gasteiger partial charge in [-0.15, -0.1) is 0 Å². The molecule has 0 spiro atoms. The maximum Gasteiger partial charge on any atom is 0.0468 e. The topological polar surface area (TPSA) is 3.24 Å². The minimum Gasteiger partial charge on any atom is -0.310 e. The van der Waals surface area contributed by atoms with Gasteiger partial charge in [0.15, 0.2) is 0 Å². The Labute approximate surface area is 303 Å². The Kier molecular flexibility index (Phi) is 8.15. The van der Waals surface area contributed by atoms with E-state index >= 15 is 0 Å². The van der Waals surface area contributed by atoms with Gasteiger partial charge in [-0.05, 0) is 113 Å². The molecule has 1 nitrogen and oxygen atoms in total. The molecule has 52 heavy (non-hydrogen) atoms. The molecule has 246 valence electrons. The summed E-state index contributed by atoms with van der Waals surface area (Å²) in [4.78, 5) is 2.37. The van der Waals surface area contributed by atoms with Crippen LogP contribution < -0.4 is 4.90 Å². The second kappa shape index (κ2) is 13.5. The van der Waals surface area contributed by atoms with Crippen LogP contribution in [-0.4, -0.2) is 0 Å². The first-order valence-corrected chi connectivity index (χ1v) is 17.9. The highest BCUT2D eigenvalue weighted by Crippen LogP contribution is 2.36. The van der Waals surface area contributed by atoms with Crippen molar-refractivity contribution in [2.45, 2.75) is 6.92 Å². The molecule has 0 amide bonds. The summed E-state index contributed by atoms with van der Waals surface area (Å²) in [5, 5.41) is 9.96. The zero-order valence-corrected chi connectivity index (χ0v) is 29.1. The Morgan fingerprint density at radius 3 is 1.29 bits per heavy atom. The SMILES string of the molecule is Cc1ccc(C(=Cc2ccc(N(c3ccccc3)c3ccc4c(c3)=c3ccccc3=c3ccccc3=c3ccccc3=4)cc2)c2ccccc2)cc1. The molecule has 0 radical (unpaired) electrons. The van der Waals surface area contributed by atoms with Crippen molar-refractivity contribution < 1.29 is 0 Å². The summed E-state index contributed by atoms with van der Waals surface area (Å²) in [5.41, 5.74) is 9.34. The molecule has 1 aliphatic rings. The summed E-state index contributed by atoms with van der Waals surface area (Å²) in [6, 6.07) is 72.6. The molecule has 0 bridgehead atoms. The van der Waals surface area contributed by atoms with Crippen molar-refractivity contribution >= 4 is 28.7 Å². The Morgan fingerprint density at radius 1 is 0.346 bits per heavy atom. The second-order valence-electron chi connectivity index (χ2n) is 13.4. The predicted octanol–water partition coefficient (Wildman–Crippen LogP) is 12.5. The Morgan fingerprint density at radius 2 is 0.750 bits per heavy atom. The molecule has 0 heterocycles. The van der Waals surface area contributed by atoms with Gasteiger partial charge in [-0.3, -0.25) is 0 Å². The summed E-state index contributed by atoms with van der Waals surface area (Å²) in [6.07, 6.45) is 2.30. The number of hydrogen-bond donors (Lipinski definition) is 0. The van der Waals surface area contributed by atoms with Gasteiger partial charge < -0.3 is 4.90 Å². The van der Waals surface area contributed by atoms with Gasteiger partial charge in [-0.1, -0.05) is 169 Å². The van der Waals surface area contributed by atoms with Crippen LogP contribution in [0.15, 0.2) is 200 Å². The highest BCUT2D eigenvalue weighted by Gasteiger charge is 2.14.